The van der Waals surface area contributed by atoms with Gasteiger partial charge in [-0.05, 0) is 36.4 Å². The van der Waals surface area contributed by atoms with Crippen molar-refractivity contribution in [2.45, 2.75) is 23.7 Å². The third kappa shape index (κ3) is 3.74. The molecule has 1 aromatic heterocycles. The number of rotatable bonds is 2. The van der Waals surface area contributed by atoms with Crippen LogP contribution in [0.3, 0.4) is 0 Å². The first-order valence-electron chi connectivity index (χ1n) is 8.34. The molecule has 4 rings (SSSR count). The largest absolute Gasteiger partial charge is 0.493 e. The summed E-state index contributed by atoms with van der Waals surface area (Å²) in [5.41, 5.74) is -1.71. The van der Waals surface area contributed by atoms with E-state index in [-0.39, 0.29) is 28.1 Å². The Kier molecular flexibility index (Phi) is 4.86. The number of nitrogens with zero attached hydrogens (tertiary/aromatic N) is 2. The van der Waals surface area contributed by atoms with Crippen LogP contribution in [0.1, 0.15) is 5.56 Å². The molecule has 29 heavy (non-hydrogen) atoms. The molecule has 0 aliphatic carbocycles. The maximum atomic E-state index is 13.3. The lowest BCUT2D eigenvalue weighted by molar-refractivity contribution is -0.137. The van der Waals surface area contributed by atoms with Crippen molar-refractivity contribution in [3.05, 3.63) is 58.3 Å². The van der Waals surface area contributed by atoms with Gasteiger partial charge in [0.2, 0.25) is 5.88 Å². The molecule has 2 aromatic carbocycles. The third-order valence-corrected chi connectivity index (χ3v) is 7.04. The van der Waals surface area contributed by atoms with Crippen molar-refractivity contribution in [2.75, 3.05) is 5.75 Å². The Labute approximate surface area is 168 Å². The molecule has 0 amide bonds. The van der Waals surface area contributed by atoms with Crippen LogP contribution in [0, 0.1) is 5.82 Å². The molecule has 0 saturated heterocycles. The Balaban J connectivity index is 1.85. The van der Waals surface area contributed by atoms with Crippen molar-refractivity contribution in [1.82, 2.24) is 9.55 Å². The van der Waals surface area contributed by atoms with E-state index < -0.39 is 45.3 Å². The second kappa shape index (κ2) is 7.10. The quantitative estimate of drug-likeness (QED) is 0.455. The van der Waals surface area contributed by atoms with Crippen molar-refractivity contribution in [3.63, 3.8) is 0 Å². The molecule has 0 bridgehead atoms. The first-order valence-corrected chi connectivity index (χ1v) is 10.8. The van der Waals surface area contributed by atoms with Gasteiger partial charge in [0.1, 0.15) is 17.7 Å². The van der Waals surface area contributed by atoms with Crippen molar-refractivity contribution in [1.29, 1.82) is 0 Å². The van der Waals surface area contributed by atoms with Gasteiger partial charge < -0.3 is 9.84 Å². The molecule has 0 saturated carbocycles. The fourth-order valence-corrected chi connectivity index (χ4v) is 5.56. The minimum atomic E-state index is -4.67. The number of alkyl halides is 3. The van der Waals surface area contributed by atoms with E-state index in [0.29, 0.717) is 5.75 Å². The standard InChI is InChI=1S/C18H13ClF4N2O3S/c19-29-8-12(28-11-3-1-10(20)2-4-11)7-25-15-13(16(26)24-17(25)27)5-9(6-14(15)29)18(21,22)23/h1-6,12,29H,7-8H2,(H,24,26,27). The van der Waals surface area contributed by atoms with Crippen molar-refractivity contribution < 1.29 is 27.4 Å². The fourth-order valence-electron chi connectivity index (χ4n) is 3.22. The number of thiol groups is 1. The van der Waals surface area contributed by atoms with Gasteiger partial charge in [0, 0.05) is 10.6 Å². The molecule has 0 radical (unpaired) electrons. The Morgan fingerprint density at radius 3 is 2.59 bits per heavy atom. The topological polar surface area (TPSA) is 64.3 Å². The summed E-state index contributed by atoms with van der Waals surface area (Å²) in [4.78, 5) is 15.9. The molecular formula is C18H13ClF4N2O3S. The van der Waals surface area contributed by atoms with Gasteiger partial charge in [-0.1, -0.05) is 10.7 Å². The number of hydrogen-bond donors (Lipinski definition) is 2. The van der Waals surface area contributed by atoms with Crippen LogP contribution in [0.2, 0.25) is 0 Å². The van der Waals surface area contributed by atoms with Gasteiger partial charge in [0.05, 0.1) is 23.0 Å². The molecule has 2 unspecified atom stereocenters. The van der Waals surface area contributed by atoms with Crippen molar-refractivity contribution >= 4 is 31.7 Å². The van der Waals surface area contributed by atoms with Gasteiger partial charge >= 0.3 is 11.9 Å². The highest BCUT2D eigenvalue weighted by Crippen LogP contribution is 2.49. The molecule has 0 spiro atoms. The lowest BCUT2D eigenvalue weighted by atomic mass is 10.1. The number of benzene rings is 2. The Morgan fingerprint density at radius 1 is 1.24 bits per heavy atom. The molecule has 11 heteroatoms. The number of aromatic hydroxyl groups is 1. The van der Waals surface area contributed by atoms with Gasteiger partial charge in [-0.25, -0.2) is 9.18 Å². The van der Waals surface area contributed by atoms with E-state index in [2.05, 4.69) is 4.98 Å². The van der Waals surface area contributed by atoms with Gasteiger partial charge in [-0.3, -0.25) is 4.57 Å². The van der Waals surface area contributed by atoms with Crippen LogP contribution >= 0.6 is 20.8 Å². The van der Waals surface area contributed by atoms with Gasteiger partial charge in [0.15, 0.2) is 0 Å². The van der Waals surface area contributed by atoms with Crippen LogP contribution in [-0.2, 0) is 12.7 Å². The van der Waals surface area contributed by atoms with E-state index in [1.807, 2.05) is 0 Å². The lowest BCUT2D eigenvalue weighted by Gasteiger charge is -2.20. The lowest BCUT2D eigenvalue weighted by Crippen LogP contribution is -2.32. The summed E-state index contributed by atoms with van der Waals surface area (Å²) >= 11 is 0. The highest BCUT2D eigenvalue weighted by atomic mass is 35.7. The minimum absolute atomic E-state index is 0.0378. The predicted octanol–water partition coefficient (Wildman–Crippen LogP) is 4.24. The first-order chi connectivity index (χ1) is 13.6. The van der Waals surface area contributed by atoms with E-state index >= 15 is 0 Å². The molecule has 2 atom stereocenters. The third-order valence-electron chi connectivity index (χ3n) is 4.49. The van der Waals surface area contributed by atoms with Crippen LogP contribution < -0.4 is 10.4 Å². The van der Waals surface area contributed by atoms with E-state index in [0.717, 1.165) is 16.7 Å². The van der Waals surface area contributed by atoms with Gasteiger partial charge in [-0.2, -0.15) is 18.2 Å². The Morgan fingerprint density at radius 2 is 1.93 bits per heavy atom. The Bertz CT molecular complexity index is 1150. The van der Waals surface area contributed by atoms with Crippen LogP contribution in [0.25, 0.3) is 10.9 Å². The fraction of sp³-hybridized carbons (Fsp3) is 0.222. The SMILES string of the molecule is O=c1nc(O)c2cc(C(F)(F)F)cc3c2n1CC(Oc1ccc(F)cc1)C[SH]3Cl. The highest BCUT2D eigenvalue weighted by Gasteiger charge is 2.34. The van der Waals surface area contributed by atoms with Gasteiger partial charge in [-0.15, -0.1) is 10.1 Å². The van der Waals surface area contributed by atoms with Crippen LogP contribution in [0.15, 0.2) is 46.1 Å². The monoisotopic (exact) mass is 448 g/mol. The summed E-state index contributed by atoms with van der Waals surface area (Å²) in [7, 11) is 4.79. The van der Waals surface area contributed by atoms with E-state index in [9.17, 15) is 27.5 Å². The summed E-state index contributed by atoms with van der Waals surface area (Å²) in [5.74, 6) is -0.765. The molecule has 2 heterocycles. The van der Waals surface area contributed by atoms with Crippen LogP contribution in [-0.4, -0.2) is 26.5 Å². The zero-order chi connectivity index (χ0) is 20.9. The number of aromatic nitrogens is 2. The zero-order valence-corrected chi connectivity index (χ0v) is 16.1. The molecule has 1 aliphatic heterocycles. The van der Waals surface area contributed by atoms with Crippen LogP contribution in [0.4, 0.5) is 17.6 Å². The van der Waals surface area contributed by atoms with Crippen molar-refractivity contribution in [3.8, 4) is 11.6 Å². The summed E-state index contributed by atoms with van der Waals surface area (Å²) < 4.78 is 60.0. The minimum Gasteiger partial charge on any atom is -0.493 e. The van der Waals surface area contributed by atoms with Crippen LogP contribution in [0.5, 0.6) is 11.6 Å². The number of ether oxygens (including phenoxy) is 1. The zero-order valence-electron chi connectivity index (χ0n) is 14.5. The summed E-state index contributed by atoms with van der Waals surface area (Å²) in [6, 6.07) is 6.85. The van der Waals surface area contributed by atoms with Crippen molar-refractivity contribution in [2.24, 2.45) is 0 Å². The second-order valence-electron chi connectivity index (χ2n) is 6.46. The molecule has 154 valence electrons. The highest BCUT2D eigenvalue weighted by molar-refractivity contribution is 8.36. The second-order valence-corrected chi connectivity index (χ2v) is 9.25. The number of halogens is 5. The van der Waals surface area contributed by atoms with E-state index in [1.165, 1.54) is 24.3 Å². The van der Waals surface area contributed by atoms with Gasteiger partial charge in [0.25, 0.3) is 0 Å². The number of hydrogen-bond acceptors (Lipinski definition) is 4. The maximum Gasteiger partial charge on any atom is 0.416 e. The summed E-state index contributed by atoms with van der Waals surface area (Å²) in [6.45, 7) is -0.0378. The molecule has 1 aliphatic rings. The first kappa shape index (κ1) is 19.8. The molecule has 1 N–H and O–H groups in total. The molecule has 3 aromatic rings. The van der Waals surface area contributed by atoms with E-state index in [1.54, 1.807) is 0 Å². The molecule has 0 fully saturated rings. The Hall–Kier alpha value is -2.46. The predicted molar refractivity (Wildman–Crippen MR) is 101 cm³/mol. The molecule has 5 nitrogen and oxygen atoms in total. The molecular weight excluding hydrogens is 436 g/mol. The normalized spacial score (nSPS) is 20.4. The smallest absolute Gasteiger partial charge is 0.416 e. The average Bonchev–Trinajstić information content (AvgIpc) is 2.78. The van der Waals surface area contributed by atoms with E-state index in [4.69, 9.17) is 15.4 Å². The summed E-state index contributed by atoms with van der Waals surface area (Å²) in [6.07, 6.45) is -5.33. The summed E-state index contributed by atoms with van der Waals surface area (Å²) in [5, 5.41) is 9.82. The maximum absolute atomic E-state index is 13.3. The average molecular weight is 449 g/mol.